The number of H-pyrrole nitrogens is 1. The maximum atomic E-state index is 12.5. The first-order chi connectivity index (χ1) is 16.5. The van der Waals surface area contributed by atoms with Gasteiger partial charge in [-0.25, -0.2) is 19.1 Å². The van der Waals surface area contributed by atoms with Gasteiger partial charge in [0.05, 0.1) is 24.6 Å². The maximum absolute atomic E-state index is 12.5. The van der Waals surface area contributed by atoms with E-state index in [9.17, 15) is 9.59 Å². The Kier molecular flexibility index (Phi) is 4.71. The summed E-state index contributed by atoms with van der Waals surface area (Å²) in [7, 11) is 1.58. The van der Waals surface area contributed by atoms with Crippen molar-refractivity contribution in [1.82, 2.24) is 19.9 Å². The van der Waals surface area contributed by atoms with Crippen molar-refractivity contribution >= 4 is 43.2 Å². The van der Waals surface area contributed by atoms with Crippen molar-refractivity contribution in [3.63, 3.8) is 0 Å². The van der Waals surface area contributed by atoms with E-state index in [2.05, 4.69) is 31.3 Å². The lowest BCUT2D eigenvalue weighted by molar-refractivity contribution is -0.660. The summed E-state index contributed by atoms with van der Waals surface area (Å²) in [5.74, 6) is 0.683. The van der Waals surface area contributed by atoms with E-state index in [0.717, 1.165) is 9.86 Å². The number of imidazole rings is 1. The molecule has 12 heteroatoms. The molecule has 0 aliphatic rings. The van der Waals surface area contributed by atoms with Crippen LogP contribution in [-0.4, -0.2) is 27.0 Å². The van der Waals surface area contributed by atoms with Crippen LogP contribution in [0.2, 0.25) is 0 Å². The van der Waals surface area contributed by atoms with Crippen LogP contribution in [0.5, 0.6) is 5.75 Å². The summed E-state index contributed by atoms with van der Waals surface area (Å²) in [6, 6.07) is 14.2. The second-order valence-corrected chi connectivity index (χ2v) is 9.12. The van der Waals surface area contributed by atoms with Crippen molar-refractivity contribution in [3.8, 4) is 33.4 Å². The molecule has 0 unspecified atom stereocenters. The number of nitrogens with zero attached hydrogens (tertiary/aromatic N) is 4. The Hall–Kier alpha value is -4.03. The lowest BCUT2D eigenvalue weighted by Gasteiger charge is -2.00. The Morgan fingerprint density at radius 3 is 2.71 bits per heavy atom. The summed E-state index contributed by atoms with van der Waals surface area (Å²) in [5, 5.41) is 8.25. The van der Waals surface area contributed by atoms with Crippen LogP contribution in [0, 0.1) is 0 Å². The van der Waals surface area contributed by atoms with Crippen LogP contribution in [0.25, 0.3) is 43.6 Å². The first kappa shape index (κ1) is 20.6. The number of methoxy groups -OCH3 is 1. The molecule has 0 amide bonds. The highest BCUT2D eigenvalue weighted by Gasteiger charge is 2.29. The van der Waals surface area contributed by atoms with Gasteiger partial charge in [-0.15, -0.1) is 5.10 Å². The topological polar surface area (TPSA) is 120 Å². The molecule has 0 saturated carbocycles. The number of benzene rings is 2. The van der Waals surface area contributed by atoms with Crippen molar-refractivity contribution in [2.24, 2.45) is 0 Å². The Bertz CT molecular complexity index is 1780. The average Bonchev–Trinajstić information content (AvgIpc) is 3.51. The number of fused-ring (bicyclic) bond motifs is 2. The van der Waals surface area contributed by atoms with Crippen molar-refractivity contribution in [1.29, 1.82) is 0 Å². The van der Waals surface area contributed by atoms with Gasteiger partial charge in [0, 0.05) is 22.0 Å². The van der Waals surface area contributed by atoms with Crippen LogP contribution < -0.4 is 20.7 Å². The third kappa shape index (κ3) is 3.35. The van der Waals surface area contributed by atoms with E-state index in [1.165, 1.54) is 20.5 Å². The molecule has 10 nitrogen and oxygen atoms in total. The molecule has 0 saturated heterocycles. The van der Waals surface area contributed by atoms with E-state index < -0.39 is 11.3 Å². The molecule has 4 heterocycles. The summed E-state index contributed by atoms with van der Waals surface area (Å²) in [6.45, 7) is 0. The highest BCUT2D eigenvalue weighted by molar-refractivity contribution is 9.10. The van der Waals surface area contributed by atoms with Gasteiger partial charge >= 0.3 is 16.9 Å². The quantitative estimate of drug-likeness (QED) is 0.269. The van der Waals surface area contributed by atoms with E-state index in [4.69, 9.17) is 13.7 Å². The second-order valence-electron chi connectivity index (χ2n) is 7.25. The minimum absolute atomic E-state index is 0.220. The van der Waals surface area contributed by atoms with E-state index in [1.54, 1.807) is 55.8 Å². The number of nitrogens with one attached hydrogen (secondary N) is 1. The molecule has 6 rings (SSSR count). The van der Waals surface area contributed by atoms with E-state index in [0.29, 0.717) is 38.2 Å². The smallest absolute Gasteiger partial charge is 0.438 e. The van der Waals surface area contributed by atoms with Gasteiger partial charge in [-0.1, -0.05) is 27.3 Å². The van der Waals surface area contributed by atoms with Gasteiger partial charge < -0.3 is 9.15 Å². The van der Waals surface area contributed by atoms with Crippen molar-refractivity contribution < 1.29 is 18.4 Å². The molecule has 34 heavy (non-hydrogen) atoms. The van der Waals surface area contributed by atoms with Gasteiger partial charge in [-0.05, 0) is 46.4 Å². The molecule has 0 radical (unpaired) electrons. The third-order valence-corrected chi connectivity index (χ3v) is 6.62. The zero-order valence-electron chi connectivity index (χ0n) is 17.3. The van der Waals surface area contributed by atoms with Crippen molar-refractivity contribution in [3.05, 3.63) is 80.0 Å². The molecule has 6 aromatic rings. The zero-order valence-corrected chi connectivity index (χ0v) is 19.7. The van der Waals surface area contributed by atoms with Gasteiger partial charge in [-0.2, -0.15) is 0 Å². The van der Waals surface area contributed by atoms with Crippen LogP contribution >= 0.6 is 27.3 Å². The zero-order chi connectivity index (χ0) is 23.4. The summed E-state index contributed by atoms with van der Waals surface area (Å²) in [4.78, 5) is 30.0. The highest BCUT2D eigenvalue weighted by Crippen LogP contribution is 2.27. The Balaban J connectivity index is 1.43. The number of hydrogen-bond donors (Lipinski definition) is 1. The number of aromatic amines is 1. The van der Waals surface area contributed by atoms with Gasteiger partial charge in [-0.3, -0.25) is 4.52 Å². The predicted molar refractivity (Wildman–Crippen MR) is 126 cm³/mol. The molecule has 168 valence electrons. The molecular weight excluding hydrogens is 526 g/mol. The Morgan fingerprint density at radius 2 is 1.94 bits per heavy atom. The molecule has 1 N–H and O–H groups in total. The SMILES string of the molecule is COc1ccc(-[n+]2[nH]oc(=O)c2-c2nn3cc(-c4cc5cc(Br)ccc5oc4=O)nc3s2)cc1. The molecule has 0 aliphatic carbocycles. The minimum Gasteiger partial charge on any atom is -0.497 e. The van der Waals surface area contributed by atoms with Gasteiger partial charge in [0.25, 0.3) is 0 Å². The van der Waals surface area contributed by atoms with Crippen LogP contribution in [0.4, 0.5) is 0 Å². The minimum atomic E-state index is -0.575. The maximum Gasteiger partial charge on any atom is 0.438 e. The van der Waals surface area contributed by atoms with Crippen molar-refractivity contribution in [2.45, 2.75) is 0 Å². The van der Waals surface area contributed by atoms with Crippen LogP contribution in [0.1, 0.15) is 0 Å². The summed E-state index contributed by atoms with van der Waals surface area (Å²) in [6.07, 6.45) is 1.62. The summed E-state index contributed by atoms with van der Waals surface area (Å²) in [5.41, 5.74) is 1.04. The number of rotatable bonds is 4. The summed E-state index contributed by atoms with van der Waals surface area (Å²) < 4.78 is 19.5. The third-order valence-electron chi connectivity index (χ3n) is 5.19. The number of hydrogen-bond acceptors (Lipinski definition) is 8. The lowest BCUT2D eigenvalue weighted by Crippen LogP contribution is -2.36. The van der Waals surface area contributed by atoms with Crippen LogP contribution in [-0.2, 0) is 0 Å². The number of ether oxygens (including phenoxy) is 1. The molecule has 4 aromatic heterocycles. The highest BCUT2D eigenvalue weighted by atomic mass is 79.9. The molecule has 2 aromatic carbocycles. The molecule has 0 atom stereocenters. The first-order valence-electron chi connectivity index (χ1n) is 9.88. The van der Waals surface area contributed by atoms with Crippen LogP contribution in [0.3, 0.4) is 0 Å². The monoisotopic (exact) mass is 538 g/mol. The normalized spacial score (nSPS) is 11.5. The standard InChI is InChI=1S/C22H12BrN5O5S/c1-31-14-5-3-13(4-6-14)28-18(21(30)33-26-28)19-25-27-10-16(24-22(27)34-19)15-9-11-8-12(23)2-7-17(11)32-20(15)29/h2-10H,1H3/p+1. The van der Waals surface area contributed by atoms with Gasteiger partial charge in [0.1, 0.15) is 11.3 Å². The molecular formula is C22H13BrN5O5S+. The van der Waals surface area contributed by atoms with Gasteiger partial charge in [0.15, 0.2) is 0 Å². The first-order valence-corrected chi connectivity index (χ1v) is 11.5. The number of halogens is 1. The second kappa shape index (κ2) is 7.78. The van der Waals surface area contributed by atoms with Gasteiger partial charge in [0.2, 0.25) is 15.7 Å². The van der Waals surface area contributed by atoms with Crippen molar-refractivity contribution in [2.75, 3.05) is 7.11 Å². The average molecular weight is 539 g/mol. The Morgan fingerprint density at radius 1 is 1.12 bits per heavy atom. The molecule has 0 fully saturated rings. The van der Waals surface area contributed by atoms with Crippen LogP contribution in [0.15, 0.2) is 77.7 Å². The molecule has 0 bridgehead atoms. The van der Waals surface area contributed by atoms with E-state index in [-0.39, 0.29) is 5.69 Å². The van der Waals surface area contributed by atoms with E-state index in [1.807, 2.05) is 6.07 Å². The number of aromatic nitrogens is 5. The predicted octanol–water partition coefficient (Wildman–Crippen LogP) is 3.56. The largest absolute Gasteiger partial charge is 0.497 e. The molecule has 0 aliphatic heterocycles. The fourth-order valence-corrected chi connectivity index (χ4v) is 4.85. The summed E-state index contributed by atoms with van der Waals surface area (Å²) >= 11 is 4.61. The fourth-order valence-electron chi connectivity index (χ4n) is 3.57. The van der Waals surface area contributed by atoms with E-state index >= 15 is 0 Å². The lowest BCUT2D eigenvalue weighted by atomic mass is 10.1. The molecule has 0 spiro atoms. The Labute approximate surface area is 201 Å². The fraction of sp³-hybridized carbons (Fsp3) is 0.0455.